The van der Waals surface area contributed by atoms with Gasteiger partial charge in [0.2, 0.25) is 0 Å². The molecule has 0 unspecified atom stereocenters. The van der Waals surface area contributed by atoms with E-state index >= 15 is 0 Å². The number of rotatable bonds is 2. The molecule has 0 atom stereocenters. The van der Waals surface area contributed by atoms with Gasteiger partial charge in [0, 0.05) is 23.6 Å². The minimum absolute atomic E-state index is 0.172. The lowest BCUT2D eigenvalue weighted by Gasteiger charge is -2.19. The first-order chi connectivity index (χ1) is 8.43. The summed E-state index contributed by atoms with van der Waals surface area (Å²) in [5, 5.41) is 0. The number of alkyl halides is 2. The molecule has 1 aliphatic rings. The van der Waals surface area contributed by atoms with Crippen LogP contribution in [0, 0.1) is 0 Å². The molecule has 0 aliphatic carbocycles. The summed E-state index contributed by atoms with van der Waals surface area (Å²) in [7, 11) is 1.24. The largest absolute Gasteiger partial charge is 0.465 e. The molecule has 2 rings (SSSR count). The molecule has 0 aromatic carbocycles. The van der Waals surface area contributed by atoms with E-state index in [1.807, 2.05) is 0 Å². The van der Waals surface area contributed by atoms with E-state index < -0.39 is 18.4 Å². The highest BCUT2D eigenvalue weighted by Crippen LogP contribution is 2.32. The Labute approximate surface area is 111 Å². The minimum atomic E-state index is -2.73. The van der Waals surface area contributed by atoms with Crippen LogP contribution in [0.4, 0.5) is 14.6 Å². The van der Waals surface area contributed by atoms with Gasteiger partial charge in [-0.1, -0.05) is 0 Å². The monoisotopic (exact) mass is 320 g/mol. The first kappa shape index (κ1) is 13.2. The number of carbonyl (C=O) groups excluding carboxylic acids is 1. The molecular formula is C11H11BrF2N2O2. The van der Waals surface area contributed by atoms with Crippen molar-refractivity contribution in [1.82, 2.24) is 4.98 Å². The minimum Gasteiger partial charge on any atom is -0.465 e. The second kappa shape index (κ2) is 4.79. The summed E-state index contributed by atoms with van der Waals surface area (Å²) in [5.41, 5.74) is 0.185. The molecule has 18 heavy (non-hydrogen) atoms. The van der Waals surface area contributed by atoms with Gasteiger partial charge in [-0.05, 0) is 22.0 Å². The molecule has 1 fully saturated rings. The summed E-state index contributed by atoms with van der Waals surface area (Å²) in [5.74, 6) is -3.08. The molecule has 0 amide bonds. The molecule has 1 aromatic rings. The first-order valence-corrected chi connectivity index (χ1v) is 6.09. The van der Waals surface area contributed by atoms with Crippen LogP contribution in [0.15, 0.2) is 16.7 Å². The highest BCUT2D eigenvalue weighted by atomic mass is 79.9. The molecule has 1 aliphatic heterocycles. The highest BCUT2D eigenvalue weighted by molar-refractivity contribution is 9.10. The normalized spacial score (nSPS) is 17.9. The van der Waals surface area contributed by atoms with Crippen molar-refractivity contribution in [3.8, 4) is 0 Å². The molecular weight excluding hydrogens is 310 g/mol. The van der Waals surface area contributed by atoms with Crippen LogP contribution in [0.25, 0.3) is 0 Å². The van der Waals surface area contributed by atoms with Crippen LogP contribution < -0.4 is 4.90 Å². The van der Waals surface area contributed by atoms with Crippen LogP contribution >= 0.6 is 15.9 Å². The Kier molecular flexibility index (Phi) is 3.52. The highest BCUT2D eigenvalue weighted by Gasteiger charge is 2.39. The van der Waals surface area contributed by atoms with Crippen molar-refractivity contribution in [3.05, 3.63) is 22.3 Å². The zero-order valence-electron chi connectivity index (χ0n) is 9.62. The standard InChI is InChI=1S/C11H11BrF2N2O2/c1-18-10(17)8-4-7(12)5-15-9(8)16-3-2-11(13,14)6-16/h4-5H,2-3,6H2,1H3. The van der Waals surface area contributed by atoms with E-state index in [4.69, 9.17) is 0 Å². The number of methoxy groups -OCH3 is 1. The molecule has 7 heteroatoms. The predicted octanol–water partition coefficient (Wildman–Crippen LogP) is 2.48. The van der Waals surface area contributed by atoms with Crippen molar-refractivity contribution in [3.63, 3.8) is 0 Å². The first-order valence-electron chi connectivity index (χ1n) is 5.29. The fourth-order valence-corrected chi connectivity index (χ4v) is 2.19. The average molecular weight is 321 g/mol. The molecule has 0 spiro atoms. The van der Waals surface area contributed by atoms with E-state index in [0.29, 0.717) is 4.47 Å². The van der Waals surface area contributed by atoms with Gasteiger partial charge in [0.05, 0.1) is 13.7 Å². The Balaban J connectivity index is 2.36. The maximum Gasteiger partial charge on any atom is 0.341 e. The molecule has 0 saturated carbocycles. The lowest BCUT2D eigenvalue weighted by atomic mass is 10.2. The molecule has 98 valence electrons. The Morgan fingerprint density at radius 1 is 1.61 bits per heavy atom. The van der Waals surface area contributed by atoms with Crippen molar-refractivity contribution < 1.29 is 18.3 Å². The number of aromatic nitrogens is 1. The number of hydrogen-bond acceptors (Lipinski definition) is 4. The van der Waals surface area contributed by atoms with Gasteiger partial charge in [-0.2, -0.15) is 0 Å². The van der Waals surface area contributed by atoms with Gasteiger partial charge in [0.25, 0.3) is 5.92 Å². The van der Waals surface area contributed by atoms with E-state index in [1.165, 1.54) is 24.3 Å². The molecule has 0 N–H and O–H groups in total. The van der Waals surface area contributed by atoms with E-state index in [9.17, 15) is 13.6 Å². The van der Waals surface area contributed by atoms with Crippen LogP contribution in [0.2, 0.25) is 0 Å². The second-order valence-corrected chi connectivity index (χ2v) is 4.96. The van der Waals surface area contributed by atoms with E-state index in [2.05, 4.69) is 25.7 Å². The molecule has 2 heterocycles. The smallest absolute Gasteiger partial charge is 0.341 e. The summed E-state index contributed by atoms with van der Waals surface area (Å²) in [6.45, 7) is -0.253. The molecule has 0 bridgehead atoms. The maximum atomic E-state index is 13.2. The lowest BCUT2D eigenvalue weighted by molar-refractivity contribution is 0.0256. The van der Waals surface area contributed by atoms with Crippen molar-refractivity contribution in [2.24, 2.45) is 0 Å². The fourth-order valence-electron chi connectivity index (χ4n) is 1.86. The van der Waals surface area contributed by atoms with Crippen LogP contribution in [-0.4, -0.2) is 37.1 Å². The predicted molar refractivity (Wildman–Crippen MR) is 65.1 cm³/mol. The van der Waals surface area contributed by atoms with Crippen molar-refractivity contribution in [1.29, 1.82) is 0 Å². The Hall–Kier alpha value is -1.24. The maximum absolute atomic E-state index is 13.2. The number of nitrogens with zero attached hydrogens (tertiary/aromatic N) is 2. The van der Waals surface area contributed by atoms with Gasteiger partial charge in [-0.25, -0.2) is 18.6 Å². The Morgan fingerprint density at radius 3 is 2.89 bits per heavy atom. The van der Waals surface area contributed by atoms with Gasteiger partial charge in [-0.15, -0.1) is 0 Å². The van der Waals surface area contributed by atoms with Crippen LogP contribution in [0.1, 0.15) is 16.8 Å². The third kappa shape index (κ3) is 2.60. The summed E-state index contributed by atoms with van der Waals surface area (Å²) in [6.07, 6.45) is 1.24. The second-order valence-electron chi connectivity index (χ2n) is 4.04. The average Bonchev–Trinajstić information content (AvgIpc) is 2.68. The topological polar surface area (TPSA) is 42.4 Å². The fraction of sp³-hybridized carbons (Fsp3) is 0.455. The molecule has 1 saturated heterocycles. The summed E-state index contributed by atoms with van der Waals surface area (Å²) >= 11 is 3.19. The van der Waals surface area contributed by atoms with E-state index in [-0.39, 0.29) is 24.3 Å². The summed E-state index contributed by atoms with van der Waals surface area (Å²) in [4.78, 5) is 17.0. The van der Waals surface area contributed by atoms with Crippen molar-refractivity contribution >= 4 is 27.7 Å². The number of esters is 1. The Bertz CT molecular complexity index is 482. The Morgan fingerprint density at radius 2 is 2.33 bits per heavy atom. The van der Waals surface area contributed by atoms with E-state index in [0.717, 1.165) is 0 Å². The molecule has 0 radical (unpaired) electrons. The van der Waals surface area contributed by atoms with Gasteiger partial charge in [-0.3, -0.25) is 0 Å². The quantitative estimate of drug-likeness (QED) is 0.785. The van der Waals surface area contributed by atoms with Crippen molar-refractivity contribution in [2.45, 2.75) is 12.3 Å². The van der Waals surface area contributed by atoms with Gasteiger partial charge in [0.1, 0.15) is 11.4 Å². The molecule has 4 nitrogen and oxygen atoms in total. The van der Waals surface area contributed by atoms with Gasteiger partial charge in [0.15, 0.2) is 0 Å². The SMILES string of the molecule is COC(=O)c1cc(Br)cnc1N1CCC(F)(F)C1. The van der Waals surface area contributed by atoms with Crippen molar-refractivity contribution in [2.75, 3.05) is 25.1 Å². The summed E-state index contributed by atoms with van der Waals surface area (Å²) < 4.78 is 31.6. The number of pyridine rings is 1. The number of halogens is 3. The third-order valence-corrected chi connectivity index (χ3v) is 3.14. The number of anilines is 1. The number of ether oxygens (including phenoxy) is 1. The number of hydrogen-bond donors (Lipinski definition) is 0. The zero-order chi connectivity index (χ0) is 13.3. The van der Waals surface area contributed by atoms with Crippen LogP contribution in [-0.2, 0) is 4.74 Å². The summed E-state index contributed by atoms with van der Waals surface area (Å²) in [6, 6.07) is 1.52. The zero-order valence-corrected chi connectivity index (χ0v) is 11.2. The number of carbonyl (C=O) groups is 1. The lowest BCUT2D eigenvalue weighted by Crippen LogP contribution is -2.27. The van der Waals surface area contributed by atoms with Crippen LogP contribution in [0.3, 0.4) is 0 Å². The van der Waals surface area contributed by atoms with Crippen LogP contribution in [0.5, 0.6) is 0 Å². The van der Waals surface area contributed by atoms with E-state index in [1.54, 1.807) is 0 Å². The van der Waals surface area contributed by atoms with Gasteiger partial charge >= 0.3 is 5.97 Å². The molecule has 1 aromatic heterocycles. The van der Waals surface area contributed by atoms with Gasteiger partial charge < -0.3 is 9.64 Å². The third-order valence-electron chi connectivity index (χ3n) is 2.71.